The van der Waals surface area contributed by atoms with Gasteiger partial charge in [-0.2, -0.15) is 0 Å². The van der Waals surface area contributed by atoms with E-state index in [1.807, 2.05) is 68.4 Å². The van der Waals surface area contributed by atoms with Crippen LogP contribution in [0.1, 0.15) is 16.7 Å². The van der Waals surface area contributed by atoms with Gasteiger partial charge in [0, 0.05) is 16.3 Å². The average molecular weight is 517 g/mol. The van der Waals surface area contributed by atoms with Crippen LogP contribution in [-0.2, 0) is 20.6 Å². The summed E-state index contributed by atoms with van der Waals surface area (Å²) >= 11 is 1.74. The van der Waals surface area contributed by atoms with Crippen LogP contribution in [0.25, 0.3) is 0 Å². The zero-order chi connectivity index (χ0) is 25.5. The lowest BCUT2D eigenvalue weighted by Gasteiger charge is -2.24. The summed E-state index contributed by atoms with van der Waals surface area (Å²) < 4.78 is 28.1. The largest absolute Gasteiger partial charge is 0.325 e. The topological polar surface area (TPSA) is 66.5 Å². The van der Waals surface area contributed by atoms with Gasteiger partial charge in [-0.25, -0.2) is 8.42 Å². The summed E-state index contributed by atoms with van der Waals surface area (Å²) in [5.41, 5.74) is 4.14. The highest BCUT2D eigenvalue weighted by Crippen LogP contribution is 2.25. The molecular formula is C29H28N2O3S2. The third-order valence-corrected chi connectivity index (χ3v) is 8.48. The van der Waals surface area contributed by atoms with Crippen LogP contribution >= 0.6 is 11.8 Å². The van der Waals surface area contributed by atoms with Crippen molar-refractivity contribution in [2.75, 3.05) is 16.2 Å². The van der Waals surface area contributed by atoms with Crippen LogP contribution < -0.4 is 9.62 Å². The molecule has 1 N–H and O–H groups in total. The van der Waals surface area contributed by atoms with Crippen molar-refractivity contribution in [3.8, 4) is 0 Å². The van der Waals surface area contributed by atoms with Crippen molar-refractivity contribution in [3.05, 3.63) is 120 Å². The van der Waals surface area contributed by atoms with Gasteiger partial charge in [0.1, 0.15) is 6.54 Å². The third-order valence-electron chi connectivity index (χ3n) is 5.60. The summed E-state index contributed by atoms with van der Waals surface area (Å²) in [6.07, 6.45) is 0. The van der Waals surface area contributed by atoms with Gasteiger partial charge in [-0.3, -0.25) is 9.10 Å². The van der Waals surface area contributed by atoms with E-state index in [0.717, 1.165) is 26.7 Å². The van der Waals surface area contributed by atoms with Crippen molar-refractivity contribution in [1.82, 2.24) is 0 Å². The van der Waals surface area contributed by atoms with Gasteiger partial charge >= 0.3 is 0 Å². The second-order valence-corrected chi connectivity index (χ2v) is 11.4. The quantitative estimate of drug-likeness (QED) is 0.260. The van der Waals surface area contributed by atoms with Gasteiger partial charge in [-0.15, -0.1) is 11.8 Å². The minimum Gasteiger partial charge on any atom is -0.325 e. The predicted octanol–water partition coefficient (Wildman–Crippen LogP) is 6.43. The van der Waals surface area contributed by atoms with Crippen molar-refractivity contribution >= 4 is 39.1 Å². The molecule has 4 aromatic rings. The molecule has 0 aliphatic heterocycles. The molecule has 5 nitrogen and oxygen atoms in total. The smallest absolute Gasteiger partial charge is 0.264 e. The molecule has 0 unspecified atom stereocenters. The number of benzene rings is 4. The van der Waals surface area contributed by atoms with Crippen molar-refractivity contribution < 1.29 is 13.2 Å². The molecular weight excluding hydrogens is 488 g/mol. The van der Waals surface area contributed by atoms with Gasteiger partial charge in [0.15, 0.2) is 0 Å². The molecule has 0 saturated heterocycles. The second kappa shape index (κ2) is 11.5. The number of carbonyl (C=O) groups excluding carboxylic acids is 1. The van der Waals surface area contributed by atoms with Gasteiger partial charge in [0.05, 0.1) is 10.6 Å². The highest BCUT2D eigenvalue weighted by molar-refractivity contribution is 7.98. The molecule has 184 valence electrons. The lowest BCUT2D eigenvalue weighted by molar-refractivity contribution is -0.114. The second-order valence-electron chi connectivity index (χ2n) is 8.51. The molecule has 0 spiro atoms. The summed E-state index contributed by atoms with van der Waals surface area (Å²) in [6.45, 7) is 3.48. The maximum Gasteiger partial charge on any atom is 0.264 e. The third kappa shape index (κ3) is 6.56. The number of carbonyl (C=O) groups is 1. The number of rotatable bonds is 9. The Balaban J connectivity index is 1.48. The van der Waals surface area contributed by atoms with Crippen molar-refractivity contribution in [2.45, 2.75) is 29.4 Å². The first kappa shape index (κ1) is 25.5. The number of anilines is 2. The number of sulfonamides is 1. The molecule has 4 aromatic carbocycles. The first-order valence-corrected chi connectivity index (χ1v) is 14.0. The highest BCUT2D eigenvalue weighted by Gasteiger charge is 2.27. The fraction of sp³-hybridized carbons (Fsp3) is 0.138. The van der Waals surface area contributed by atoms with E-state index in [0.29, 0.717) is 11.4 Å². The van der Waals surface area contributed by atoms with E-state index in [1.165, 1.54) is 4.90 Å². The van der Waals surface area contributed by atoms with E-state index in [-0.39, 0.29) is 11.4 Å². The van der Waals surface area contributed by atoms with Crippen molar-refractivity contribution in [1.29, 1.82) is 0 Å². The molecule has 0 radical (unpaired) electrons. The maximum atomic E-state index is 13.5. The van der Waals surface area contributed by atoms with E-state index in [1.54, 1.807) is 48.2 Å². The van der Waals surface area contributed by atoms with Gasteiger partial charge in [0.25, 0.3) is 10.0 Å². The molecule has 1 amide bonds. The zero-order valence-electron chi connectivity index (χ0n) is 20.2. The SMILES string of the molecule is Cc1ccc(N(CC(=O)Nc2ccc(CSc3ccccc3)cc2)S(=O)(=O)c2ccc(C)cc2)cc1. The molecule has 7 heteroatoms. The van der Waals surface area contributed by atoms with Crippen LogP contribution in [-0.4, -0.2) is 20.9 Å². The Bertz CT molecular complexity index is 1400. The number of hydrogen-bond acceptors (Lipinski definition) is 4. The normalized spacial score (nSPS) is 11.2. The molecule has 0 heterocycles. The Labute approximate surface area is 217 Å². The van der Waals surface area contributed by atoms with Crippen LogP contribution in [0.5, 0.6) is 0 Å². The molecule has 0 aliphatic carbocycles. The monoisotopic (exact) mass is 516 g/mol. The highest BCUT2D eigenvalue weighted by atomic mass is 32.2. The van der Waals surface area contributed by atoms with Gasteiger partial charge in [-0.05, 0) is 67.9 Å². The van der Waals surface area contributed by atoms with E-state index in [2.05, 4.69) is 17.4 Å². The van der Waals surface area contributed by atoms with Crippen molar-refractivity contribution in [3.63, 3.8) is 0 Å². The summed E-state index contributed by atoms with van der Waals surface area (Å²) in [4.78, 5) is 14.3. The van der Waals surface area contributed by atoms with Gasteiger partial charge in [0.2, 0.25) is 5.91 Å². The summed E-state index contributed by atoms with van der Waals surface area (Å²) in [5.74, 6) is 0.395. The van der Waals surface area contributed by atoms with Gasteiger partial charge in [-0.1, -0.05) is 65.7 Å². The Hall–Kier alpha value is -3.55. The number of hydrogen-bond donors (Lipinski definition) is 1. The summed E-state index contributed by atoms with van der Waals surface area (Å²) in [7, 11) is -3.94. The van der Waals surface area contributed by atoms with Crippen LogP contribution in [0.2, 0.25) is 0 Å². The number of amides is 1. The Kier molecular flexibility index (Phi) is 8.13. The maximum absolute atomic E-state index is 13.5. The summed E-state index contributed by atoms with van der Waals surface area (Å²) in [6, 6.07) is 31.5. The molecule has 0 atom stereocenters. The molecule has 4 rings (SSSR count). The van der Waals surface area contributed by atoms with E-state index < -0.39 is 15.9 Å². The minimum absolute atomic E-state index is 0.141. The van der Waals surface area contributed by atoms with Gasteiger partial charge < -0.3 is 5.32 Å². The van der Waals surface area contributed by atoms with Crippen molar-refractivity contribution in [2.24, 2.45) is 0 Å². The van der Waals surface area contributed by atoms with Crippen LogP contribution in [0.15, 0.2) is 113 Å². The zero-order valence-corrected chi connectivity index (χ0v) is 21.9. The molecule has 0 aliphatic rings. The van der Waals surface area contributed by atoms with E-state index >= 15 is 0 Å². The summed E-state index contributed by atoms with van der Waals surface area (Å²) in [5, 5.41) is 2.84. The molecule has 0 saturated carbocycles. The molecule has 0 fully saturated rings. The number of aryl methyl sites for hydroxylation is 2. The Morgan fingerprint density at radius 1 is 0.778 bits per heavy atom. The fourth-order valence-electron chi connectivity index (χ4n) is 3.56. The van der Waals surface area contributed by atoms with Crippen LogP contribution in [0, 0.1) is 13.8 Å². The molecule has 36 heavy (non-hydrogen) atoms. The number of nitrogens with one attached hydrogen (secondary N) is 1. The minimum atomic E-state index is -3.94. The first-order valence-electron chi connectivity index (χ1n) is 11.5. The number of thioether (sulfide) groups is 1. The lowest BCUT2D eigenvalue weighted by atomic mass is 10.2. The average Bonchev–Trinajstić information content (AvgIpc) is 2.88. The Morgan fingerprint density at radius 3 is 1.97 bits per heavy atom. The predicted molar refractivity (Wildman–Crippen MR) is 148 cm³/mol. The van der Waals surface area contributed by atoms with E-state index in [9.17, 15) is 13.2 Å². The molecule has 0 aromatic heterocycles. The standard InChI is InChI=1S/C29H28N2O3S2/c1-22-8-16-26(17-9-22)31(36(33,34)28-18-10-23(2)11-19-28)20-29(32)30-25-14-12-24(13-15-25)21-35-27-6-4-3-5-7-27/h3-19H,20-21H2,1-2H3,(H,30,32). The lowest BCUT2D eigenvalue weighted by Crippen LogP contribution is -2.38. The van der Waals surface area contributed by atoms with E-state index in [4.69, 9.17) is 0 Å². The van der Waals surface area contributed by atoms with Crippen LogP contribution in [0.4, 0.5) is 11.4 Å². The Morgan fingerprint density at radius 2 is 1.36 bits per heavy atom. The van der Waals surface area contributed by atoms with Crippen LogP contribution in [0.3, 0.4) is 0 Å². The number of nitrogens with zero attached hydrogens (tertiary/aromatic N) is 1. The fourth-order valence-corrected chi connectivity index (χ4v) is 5.86. The molecule has 0 bridgehead atoms. The first-order chi connectivity index (χ1) is 17.3.